The van der Waals surface area contributed by atoms with Gasteiger partial charge in [0.05, 0.1) is 11.9 Å². The molecule has 23 heavy (non-hydrogen) atoms. The number of carboxylic acid groups (broad SMARTS) is 1. The summed E-state index contributed by atoms with van der Waals surface area (Å²) in [5.74, 6) is -0.903. The number of carbonyl (C=O) groups excluding carboxylic acids is 1. The van der Waals surface area contributed by atoms with E-state index in [9.17, 15) is 9.90 Å². The molecule has 0 fully saturated rings. The van der Waals surface area contributed by atoms with Crippen molar-refractivity contribution in [2.24, 2.45) is 0 Å². The number of halogens is 1. The Hall–Kier alpha value is 0.720. The fourth-order valence-corrected chi connectivity index (χ4v) is 2.64. The fraction of sp³-hybridized carbons (Fsp3) is 0.944. The van der Waals surface area contributed by atoms with Gasteiger partial charge >= 0.3 is 29.6 Å². The third-order valence-corrected chi connectivity index (χ3v) is 3.98. The third-order valence-electron chi connectivity index (χ3n) is 3.98. The first-order valence-electron chi connectivity index (χ1n) is 9.14. The van der Waals surface area contributed by atoms with Crippen LogP contribution in [0.15, 0.2) is 0 Å². The van der Waals surface area contributed by atoms with Crippen molar-refractivity contribution in [3.8, 4) is 0 Å². The molecule has 0 aliphatic rings. The van der Waals surface area contributed by atoms with E-state index >= 15 is 0 Å². The van der Waals surface area contributed by atoms with Gasteiger partial charge in [0.2, 0.25) is 0 Å². The summed E-state index contributed by atoms with van der Waals surface area (Å²) in [4.78, 5) is 10.2. The number of unbranched alkanes of at least 4 members (excludes halogenated alkanes) is 14. The van der Waals surface area contributed by atoms with Crippen LogP contribution in [0.25, 0.3) is 0 Å². The van der Waals surface area contributed by atoms with Gasteiger partial charge in [-0.2, -0.15) is 0 Å². The van der Waals surface area contributed by atoms with E-state index < -0.39 is 5.97 Å². The summed E-state index contributed by atoms with van der Waals surface area (Å²) in [6, 6.07) is 0. The second kappa shape index (κ2) is 27.6. The number of hydrogen-bond donors (Lipinski definition) is 1. The van der Waals surface area contributed by atoms with Gasteiger partial charge in [-0.3, -0.25) is 4.66 Å². The monoisotopic (exact) mass is 358 g/mol. The first-order chi connectivity index (χ1) is 10.8. The van der Waals surface area contributed by atoms with E-state index in [1.54, 1.807) is 0 Å². The van der Waals surface area contributed by atoms with Gasteiger partial charge in [0, 0.05) is 5.97 Å². The Balaban J connectivity index is -0.00000128. The van der Waals surface area contributed by atoms with E-state index in [4.69, 9.17) is 4.66 Å². The second-order valence-corrected chi connectivity index (χ2v) is 6.07. The van der Waals surface area contributed by atoms with Crippen molar-refractivity contribution in [3.05, 3.63) is 0 Å². The normalized spacial score (nSPS) is 9.70. The molecule has 1 N–H and O–H groups in total. The average Bonchev–Trinajstić information content (AvgIpc) is 2.53. The van der Waals surface area contributed by atoms with Crippen molar-refractivity contribution in [2.75, 3.05) is 0 Å². The van der Waals surface area contributed by atoms with Crippen molar-refractivity contribution < 1.29 is 44.1 Å². The van der Waals surface area contributed by atoms with Crippen LogP contribution >= 0.6 is 11.9 Å². The standard InChI is InChI=1S/C18H36O2.ClHO.Na/c1-2-3-4-5-6-7-8-9-10-11-12-13-14-15-16-17-18(19)20;1-2;/h2-17H2,1H3,(H,19,20);2H;/q;;+1/p-1. The maximum absolute atomic E-state index is 10.2. The maximum atomic E-state index is 10.2. The zero-order valence-corrected chi connectivity index (χ0v) is 18.2. The molecule has 0 radical (unpaired) electrons. The smallest absolute Gasteiger partial charge is 0.550 e. The summed E-state index contributed by atoms with van der Waals surface area (Å²) in [5.41, 5.74) is 0. The molecule has 0 saturated heterocycles. The van der Waals surface area contributed by atoms with Crippen LogP contribution in [-0.2, 0) is 4.79 Å². The van der Waals surface area contributed by atoms with E-state index in [1.807, 2.05) is 0 Å². The van der Waals surface area contributed by atoms with Gasteiger partial charge in [0.15, 0.2) is 0 Å². The Morgan fingerprint density at radius 2 is 0.957 bits per heavy atom. The van der Waals surface area contributed by atoms with E-state index in [-0.39, 0.29) is 36.0 Å². The van der Waals surface area contributed by atoms with Crippen molar-refractivity contribution >= 4 is 17.8 Å². The Morgan fingerprint density at radius 3 is 1.22 bits per heavy atom. The number of hydrogen-bond acceptors (Lipinski definition) is 3. The molecule has 0 saturated carbocycles. The number of rotatable bonds is 16. The Morgan fingerprint density at radius 1 is 0.696 bits per heavy atom. The molecule has 0 aliphatic carbocycles. The molecule has 0 aromatic carbocycles. The Labute approximate surface area is 171 Å². The summed E-state index contributed by atoms with van der Waals surface area (Å²) in [6.45, 7) is 2.27. The molecule has 0 unspecified atom stereocenters. The van der Waals surface area contributed by atoms with Crippen molar-refractivity contribution in [3.63, 3.8) is 0 Å². The van der Waals surface area contributed by atoms with E-state index in [2.05, 4.69) is 18.8 Å². The molecule has 134 valence electrons. The van der Waals surface area contributed by atoms with Crippen LogP contribution in [0.1, 0.15) is 110 Å². The largest absolute Gasteiger partial charge is 1.00 e. The fourth-order valence-electron chi connectivity index (χ4n) is 2.64. The molecule has 5 heteroatoms. The van der Waals surface area contributed by atoms with Crippen molar-refractivity contribution in [2.45, 2.75) is 110 Å². The first kappa shape index (κ1) is 28.5. The van der Waals surface area contributed by atoms with Crippen molar-refractivity contribution in [1.29, 1.82) is 0 Å². The van der Waals surface area contributed by atoms with Gasteiger partial charge in [-0.05, 0) is 12.8 Å². The minimum atomic E-state index is -0.903. The zero-order chi connectivity index (χ0) is 16.9. The van der Waals surface area contributed by atoms with Crippen LogP contribution in [0.3, 0.4) is 0 Å². The molecule has 0 heterocycles. The molecule has 3 nitrogen and oxygen atoms in total. The predicted octanol–water partition coefficient (Wildman–Crippen LogP) is 2.13. The molecule has 0 bridgehead atoms. The average molecular weight is 359 g/mol. The van der Waals surface area contributed by atoms with Crippen LogP contribution in [0, 0.1) is 0 Å². The maximum Gasteiger partial charge on any atom is 1.00 e. The quantitative estimate of drug-likeness (QED) is 0.339. The number of aliphatic carboxylic acids is 1. The van der Waals surface area contributed by atoms with Gasteiger partial charge in [-0.25, -0.2) is 0 Å². The zero-order valence-electron chi connectivity index (χ0n) is 15.5. The van der Waals surface area contributed by atoms with Crippen molar-refractivity contribution in [1.82, 2.24) is 0 Å². The van der Waals surface area contributed by atoms with E-state index in [1.165, 1.54) is 83.5 Å². The summed E-state index contributed by atoms with van der Waals surface area (Å²) >= 11 is 3.64. The molecule has 0 spiro atoms. The minimum absolute atomic E-state index is 0. The van der Waals surface area contributed by atoms with Gasteiger partial charge < -0.3 is 9.90 Å². The topological polar surface area (TPSA) is 60.4 Å². The van der Waals surface area contributed by atoms with Gasteiger partial charge in [-0.1, -0.05) is 96.8 Å². The van der Waals surface area contributed by atoms with Crippen LogP contribution < -0.4 is 34.7 Å². The molecular weight excluding hydrogens is 323 g/mol. The molecule has 0 amide bonds. The summed E-state index contributed by atoms with van der Waals surface area (Å²) < 4.78 is 6.47. The number of carbonyl (C=O) groups is 1. The van der Waals surface area contributed by atoms with Crippen LogP contribution in [0.5, 0.6) is 0 Å². The van der Waals surface area contributed by atoms with Crippen LogP contribution in [0.2, 0.25) is 0 Å². The molecule has 0 aliphatic heterocycles. The molecule has 0 aromatic heterocycles. The third kappa shape index (κ3) is 31.1. The summed E-state index contributed by atoms with van der Waals surface area (Å²) in [6.07, 6.45) is 19.9. The second-order valence-electron chi connectivity index (χ2n) is 6.07. The van der Waals surface area contributed by atoms with Gasteiger partial charge in [-0.15, -0.1) is 0 Å². The first-order valence-corrected chi connectivity index (χ1v) is 9.48. The van der Waals surface area contributed by atoms with Crippen LogP contribution in [-0.4, -0.2) is 10.6 Å². The summed E-state index contributed by atoms with van der Waals surface area (Å²) in [5, 5.41) is 10.2. The van der Waals surface area contributed by atoms with Gasteiger partial charge in [0.1, 0.15) is 0 Å². The van der Waals surface area contributed by atoms with E-state index in [0.29, 0.717) is 0 Å². The Bertz CT molecular complexity index is 216. The summed E-state index contributed by atoms with van der Waals surface area (Å²) in [7, 11) is 0. The Kier molecular flexibility index (Phi) is 34.2. The SMILES string of the molecule is CCCCCCCCCCCCCCCCCC(=O)[O-].OCl.[Na+]. The predicted molar refractivity (Wildman–Crippen MR) is 92.6 cm³/mol. The minimum Gasteiger partial charge on any atom is -0.550 e. The molecule has 0 atom stereocenters. The van der Waals surface area contributed by atoms with E-state index in [0.717, 1.165) is 12.8 Å². The molecular formula is C18H36ClNaO3. The van der Waals surface area contributed by atoms with Crippen LogP contribution in [0.4, 0.5) is 0 Å². The number of carboxylic acids is 1. The van der Waals surface area contributed by atoms with Gasteiger partial charge in [0.25, 0.3) is 0 Å². The molecule has 0 aromatic rings. The molecule has 0 rings (SSSR count).